The van der Waals surface area contributed by atoms with Crippen LogP contribution in [0.2, 0.25) is 5.02 Å². The second kappa shape index (κ2) is 9.19. The van der Waals surface area contributed by atoms with Crippen LogP contribution in [0, 0.1) is 0 Å². The molecule has 158 valence electrons. The molecule has 0 saturated heterocycles. The quantitative estimate of drug-likeness (QED) is 0.481. The van der Waals surface area contributed by atoms with Crippen molar-refractivity contribution in [2.24, 2.45) is 0 Å². The number of rotatable bonds is 7. The molecule has 31 heavy (non-hydrogen) atoms. The van der Waals surface area contributed by atoms with Crippen molar-refractivity contribution in [2.75, 3.05) is 12.4 Å². The lowest BCUT2D eigenvalue weighted by atomic mass is 10.1. The van der Waals surface area contributed by atoms with E-state index < -0.39 is 23.4 Å². The van der Waals surface area contributed by atoms with Gasteiger partial charge in [-0.3, -0.25) is 4.79 Å². The number of carboxylic acids is 2. The molecule has 0 aliphatic heterocycles. The van der Waals surface area contributed by atoms with Crippen LogP contribution >= 0.6 is 11.6 Å². The Morgan fingerprint density at radius 1 is 0.839 bits per heavy atom. The molecule has 0 bridgehead atoms. The van der Waals surface area contributed by atoms with E-state index >= 15 is 0 Å². The van der Waals surface area contributed by atoms with Crippen LogP contribution in [0.1, 0.15) is 31.1 Å². The van der Waals surface area contributed by atoms with E-state index in [4.69, 9.17) is 26.2 Å². The minimum atomic E-state index is -1.41. The number of ether oxygens (including phenoxy) is 2. The number of hydrogen-bond donors (Lipinski definition) is 3. The Morgan fingerprint density at radius 3 is 2.23 bits per heavy atom. The first kappa shape index (κ1) is 21.7. The number of benzene rings is 3. The van der Waals surface area contributed by atoms with Crippen LogP contribution in [0.15, 0.2) is 60.7 Å². The summed E-state index contributed by atoms with van der Waals surface area (Å²) >= 11 is 5.98. The van der Waals surface area contributed by atoms with E-state index in [-0.39, 0.29) is 22.6 Å². The molecular weight excluding hydrogens is 426 g/mol. The number of anilines is 1. The highest BCUT2D eigenvalue weighted by atomic mass is 35.5. The first-order chi connectivity index (χ1) is 14.8. The Kier molecular flexibility index (Phi) is 6.42. The number of carbonyl (C=O) groups excluding carboxylic acids is 1. The monoisotopic (exact) mass is 441 g/mol. The van der Waals surface area contributed by atoms with Gasteiger partial charge in [0.25, 0.3) is 5.91 Å². The predicted molar refractivity (Wildman–Crippen MR) is 113 cm³/mol. The Morgan fingerprint density at radius 2 is 1.55 bits per heavy atom. The topological polar surface area (TPSA) is 122 Å². The van der Waals surface area contributed by atoms with Crippen LogP contribution < -0.4 is 14.8 Å². The average Bonchev–Trinajstić information content (AvgIpc) is 2.74. The molecule has 3 aromatic rings. The third kappa shape index (κ3) is 4.93. The second-order valence-corrected chi connectivity index (χ2v) is 6.65. The number of carbonyl (C=O) groups is 3. The molecule has 0 aromatic heterocycles. The maximum Gasteiger partial charge on any atom is 0.336 e. The summed E-state index contributed by atoms with van der Waals surface area (Å²) in [5.41, 5.74) is -0.276. The van der Waals surface area contributed by atoms with Gasteiger partial charge in [0.1, 0.15) is 11.5 Å². The van der Waals surface area contributed by atoms with Gasteiger partial charge in [-0.25, -0.2) is 9.59 Å². The number of halogens is 1. The van der Waals surface area contributed by atoms with Crippen LogP contribution in [-0.4, -0.2) is 35.2 Å². The van der Waals surface area contributed by atoms with Gasteiger partial charge in [0.15, 0.2) is 5.75 Å². The van der Waals surface area contributed by atoms with Gasteiger partial charge < -0.3 is 25.0 Å². The van der Waals surface area contributed by atoms with Gasteiger partial charge in [-0.2, -0.15) is 0 Å². The summed E-state index contributed by atoms with van der Waals surface area (Å²) in [5, 5.41) is 21.5. The fourth-order valence-electron chi connectivity index (χ4n) is 2.78. The lowest BCUT2D eigenvalue weighted by molar-refractivity contribution is 0.0651. The van der Waals surface area contributed by atoms with Gasteiger partial charge in [-0.1, -0.05) is 23.7 Å². The van der Waals surface area contributed by atoms with E-state index in [0.29, 0.717) is 16.5 Å². The first-order valence-corrected chi connectivity index (χ1v) is 9.20. The summed E-state index contributed by atoms with van der Waals surface area (Å²) in [7, 11) is 1.43. The van der Waals surface area contributed by atoms with Gasteiger partial charge >= 0.3 is 11.9 Å². The molecule has 1 amide bonds. The highest BCUT2D eigenvalue weighted by Gasteiger charge is 2.19. The molecule has 0 unspecified atom stereocenters. The van der Waals surface area contributed by atoms with Crippen molar-refractivity contribution >= 4 is 35.1 Å². The number of amides is 1. The van der Waals surface area contributed by atoms with Crippen LogP contribution in [-0.2, 0) is 0 Å². The summed E-state index contributed by atoms with van der Waals surface area (Å²) in [4.78, 5) is 35.4. The Balaban J connectivity index is 1.91. The van der Waals surface area contributed by atoms with Crippen molar-refractivity contribution in [1.29, 1.82) is 0 Å². The minimum absolute atomic E-state index is 0.0874. The molecular formula is C22H16ClNO7. The van der Waals surface area contributed by atoms with Crippen LogP contribution in [0.5, 0.6) is 17.2 Å². The molecule has 3 N–H and O–H groups in total. The molecule has 3 rings (SSSR count). The Bertz CT molecular complexity index is 1180. The summed E-state index contributed by atoms with van der Waals surface area (Å²) < 4.78 is 10.9. The lowest BCUT2D eigenvalue weighted by Gasteiger charge is -2.14. The van der Waals surface area contributed by atoms with Crippen LogP contribution in [0.4, 0.5) is 5.69 Å². The molecule has 3 aromatic carbocycles. The number of methoxy groups -OCH3 is 1. The molecule has 0 atom stereocenters. The highest BCUT2D eigenvalue weighted by Crippen LogP contribution is 2.32. The molecule has 0 spiro atoms. The number of para-hydroxylation sites is 2. The first-order valence-electron chi connectivity index (χ1n) is 8.82. The number of carboxylic acid groups (broad SMARTS) is 2. The smallest absolute Gasteiger partial charge is 0.336 e. The summed E-state index contributed by atoms with van der Waals surface area (Å²) in [6.45, 7) is 0. The second-order valence-electron chi connectivity index (χ2n) is 6.21. The molecule has 0 fully saturated rings. The molecule has 0 radical (unpaired) electrons. The summed E-state index contributed by atoms with van der Waals surface area (Å²) in [5.74, 6) is -2.64. The van der Waals surface area contributed by atoms with Crippen LogP contribution in [0.3, 0.4) is 0 Å². The largest absolute Gasteiger partial charge is 0.496 e. The van der Waals surface area contributed by atoms with E-state index in [1.54, 1.807) is 36.4 Å². The zero-order chi connectivity index (χ0) is 22.5. The van der Waals surface area contributed by atoms with E-state index in [9.17, 15) is 19.5 Å². The summed E-state index contributed by atoms with van der Waals surface area (Å²) in [6.07, 6.45) is 0. The van der Waals surface area contributed by atoms with E-state index in [0.717, 1.165) is 12.1 Å². The van der Waals surface area contributed by atoms with Crippen molar-refractivity contribution in [2.45, 2.75) is 0 Å². The number of nitrogens with one attached hydrogen (secondary N) is 1. The maximum absolute atomic E-state index is 12.8. The fraction of sp³-hybridized carbons (Fsp3) is 0.0455. The van der Waals surface area contributed by atoms with Gasteiger partial charge in [0, 0.05) is 5.02 Å². The highest BCUT2D eigenvalue weighted by molar-refractivity contribution is 6.31. The van der Waals surface area contributed by atoms with E-state index in [1.165, 1.54) is 19.2 Å². The summed E-state index contributed by atoms with van der Waals surface area (Å²) in [6, 6.07) is 14.7. The van der Waals surface area contributed by atoms with Gasteiger partial charge in [0.2, 0.25) is 0 Å². The molecule has 8 nitrogen and oxygen atoms in total. The van der Waals surface area contributed by atoms with Gasteiger partial charge in [0.05, 0.1) is 29.5 Å². The molecule has 0 heterocycles. The number of hydrogen-bond acceptors (Lipinski definition) is 5. The standard InChI is InChI=1S/C22H16ClNO7/c1-30-18-9-6-12(23)10-16(18)20(25)24-17-4-2-3-5-19(17)31-13-7-8-14(21(26)27)15(11-13)22(28)29/h2-11H,1H3,(H,24,25)(H,26,27)(H,28,29). The Labute approximate surface area is 181 Å². The van der Waals surface area contributed by atoms with Gasteiger partial charge in [-0.05, 0) is 48.5 Å². The average molecular weight is 442 g/mol. The van der Waals surface area contributed by atoms with Crippen molar-refractivity contribution in [3.63, 3.8) is 0 Å². The van der Waals surface area contributed by atoms with Crippen molar-refractivity contribution < 1.29 is 34.1 Å². The van der Waals surface area contributed by atoms with E-state index in [2.05, 4.69) is 5.32 Å². The zero-order valence-corrected chi connectivity index (χ0v) is 16.8. The third-order valence-electron chi connectivity index (χ3n) is 4.22. The van der Waals surface area contributed by atoms with E-state index in [1.807, 2.05) is 0 Å². The predicted octanol–water partition coefficient (Wildman–Crippen LogP) is 4.79. The van der Waals surface area contributed by atoms with Crippen molar-refractivity contribution in [1.82, 2.24) is 0 Å². The number of aromatic carboxylic acids is 2. The SMILES string of the molecule is COc1ccc(Cl)cc1C(=O)Nc1ccccc1Oc1ccc(C(=O)O)c(C(=O)O)c1. The van der Waals surface area contributed by atoms with Gasteiger partial charge in [-0.15, -0.1) is 0 Å². The maximum atomic E-state index is 12.8. The molecule has 0 saturated carbocycles. The molecule has 0 aliphatic rings. The fourth-order valence-corrected chi connectivity index (χ4v) is 2.96. The minimum Gasteiger partial charge on any atom is -0.496 e. The lowest BCUT2D eigenvalue weighted by Crippen LogP contribution is -2.14. The Hall–Kier alpha value is -4.04. The van der Waals surface area contributed by atoms with Crippen molar-refractivity contribution in [3.05, 3.63) is 82.4 Å². The zero-order valence-electron chi connectivity index (χ0n) is 16.1. The molecule has 0 aliphatic carbocycles. The molecule has 9 heteroatoms. The third-order valence-corrected chi connectivity index (χ3v) is 4.46. The normalized spacial score (nSPS) is 10.3. The van der Waals surface area contributed by atoms with Crippen molar-refractivity contribution in [3.8, 4) is 17.2 Å². The van der Waals surface area contributed by atoms with Crippen LogP contribution in [0.25, 0.3) is 0 Å².